The Bertz CT molecular complexity index is 20.0. The molecule has 1 heteroatoms. The summed E-state index contributed by atoms with van der Waals surface area (Å²) in [6, 6.07) is 0. The molecule has 0 heterocycles. The average molecular weight is 326 g/mol. The van der Waals surface area contributed by atoms with Gasteiger partial charge in [0.25, 0.3) is 0 Å². The van der Waals surface area contributed by atoms with Crippen LogP contribution in [0.1, 0.15) is 43.1 Å². The smallest absolute Gasteiger partial charge is 0 e. The van der Waals surface area contributed by atoms with E-state index in [-0.39, 0.29) is 55.0 Å². The Hall–Kier alpha value is 0.922. The first-order valence-corrected chi connectivity index (χ1v) is 1.85. The van der Waals surface area contributed by atoms with Crippen molar-refractivity contribution in [3.05, 3.63) is 6.92 Å². The van der Waals surface area contributed by atoms with E-state index in [4.69, 9.17) is 0 Å². The summed E-state index contributed by atoms with van der Waals surface area (Å²) in [7, 11) is 0. The molecule has 0 aromatic heterocycles. The Morgan fingerprint density at radius 1 is 0.889 bits per heavy atom. The van der Waals surface area contributed by atoms with Crippen LogP contribution < -0.4 is 0 Å². The van der Waals surface area contributed by atoms with Gasteiger partial charge in [-0.2, -0.15) is 0 Å². The summed E-state index contributed by atoms with van der Waals surface area (Å²) >= 11 is 0. The van der Waals surface area contributed by atoms with E-state index >= 15 is 0 Å². The molecule has 0 amide bonds. The van der Waals surface area contributed by atoms with Crippen LogP contribution in [-0.4, -0.2) is 27.3 Å². The average Bonchev–Trinajstić information content (AvgIpc) is 0.722. The third-order valence-electron chi connectivity index (χ3n) is 0. The van der Waals surface area contributed by atoms with Crippen LogP contribution in [0.5, 0.6) is 0 Å². The zero-order chi connectivity index (χ0) is 4.50. The van der Waals surface area contributed by atoms with Crippen molar-refractivity contribution in [2.45, 2.75) is 43.1 Å². The first-order valence-electron chi connectivity index (χ1n) is 1.85. The zero-order valence-corrected chi connectivity index (χ0v) is 8.59. The Morgan fingerprint density at radius 3 is 0.889 bits per heavy atom. The minimum Gasteiger partial charge on any atom is -0.0776 e. The molecule has 0 rings (SSSR count). The van der Waals surface area contributed by atoms with Gasteiger partial charge in [0.15, 0.2) is 0 Å². The van der Waals surface area contributed by atoms with Crippen molar-refractivity contribution in [1.29, 1.82) is 0 Å². The van der Waals surface area contributed by atoms with Gasteiger partial charge in [0.2, 0.25) is 0 Å². The fraction of sp³-hybridized carbons (Fsp3) is 0.875. The van der Waals surface area contributed by atoms with Crippen molar-refractivity contribution < 1.29 is 0 Å². The minimum absolute atomic E-state index is 0. The predicted molar refractivity (Wildman–Crippen MR) is 50.8 cm³/mol. The second-order valence-corrected chi connectivity index (χ2v) is 2.56. The molecule has 0 aliphatic carbocycles. The van der Waals surface area contributed by atoms with Crippen LogP contribution >= 0.6 is 0 Å². The van der Waals surface area contributed by atoms with Crippen molar-refractivity contribution in [3.63, 3.8) is 0 Å². The normalized spacial score (nSPS) is 6.67. The Morgan fingerprint density at radius 2 is 0.889 bits per heavy atom. The zero-order valence-electron chi connectivity index (χ0n) is 4.71. The number of hydrogen-bond acceptors (Lipinski definition) is 0. The Kier molecular flexibility index (Phi) is 42.3. The van der Waals surface area contributed by atoms with E-state index in [2.05, 4.69) is 27.7 Å². The van der Waals surface area contributed by atoms with Crippen molar-refractivity contribution in [2.75, 3.05) is 0 Å². The van der Waals surface area contributed by atoms with Crippen LogP contribution in [0, 0.1) is 12.3 Å². The summed E-state index contributed by atoms with van der Waals surface area (Å²) in [6.45, 7) is 10.0. The van der Waals surface area contributed by atoms with Crippen molar-refractivity contribution in [3.8, 4) is 0 Å². The summed E-state index contributed by atoms with van der Waals surface area (Å²) in [5.74, 6) is 0. The second-order valence-electron chi connectivity index (χ2n) is 2.56. The van der Waals surface area contributed by atoms with Crippen LogP contribution in [-0.2, 0) is 0 Å². The van der Waals surface area contributed by atoms with Crippen molar-refractivity contribution >= 4 is 27.3 Å². The summed E-state index contributed by atoms with van der Waals surface area (Å²) < 4.78 is 0. The maximum absolute atomic E-state index is 3.77. The molecule has 0 aliphatic heterocycles. The van der Waals surface area contributed by atoms with Crippen LogP contribution in [0.4, 0.5) is 0 Å². The molecule has 0 N–H and O–H groups in total. The van der Waals surface area contributed by atoms with Crippen LogP contribution in [0.2, 0.25) is 0 Å². The van der Waals surface area contributed by atoms with Gasteiger partial charge in [-0.3, -0.25) is 0 Å². The second kappa shape index (κ2) is 11.7. The third kappa shape index (κ3) is 503. The van der Waals surface area contributed by atoms with Gasteiger partial charge in [-0.1, -0.05) is 43.1 Å². The van der Waals surface area contributed by atoms with Gasteiger partial charge < -0.3 is 0 Å². The topological polar surface area (TPSA) is 0 Å². The molecule has 5 radical (unpaired) electrons. The van der Waals surface area contributed by atoms with E-state index in [1.54, 1.807) is 0 Å². The summed E-state index contributed by atoms with van der Waals surface area (Å²) in [5.41, 5.74) is 0.250. The summed E-state index contributed by atoms with van der Waals surface area (Å²) in [4.78, 5) is 0. The van der Waals surface area contributed by atoms with E-state index in [0.717, 1.165) is 0 Å². The van der Waals surface area contributed by atoms with Gasteiger partial charge in [0.05, 0.1) is 0 Å². The quantitative estimate of drug-likeness (QED) is 0.599. The standard InChI is InChI=1S/C5H11.3CH4.Pb/c1-5(2,3)4;;;;/h1H2,2-4H3;3*1H4;. The SMILES string of the molecule is C.C.C.[CH2]C(C)(C)C.[Pb]. The van der Waals surface area contributed by atoms with Gasteiger partial charge in [-0.15, -0.1) is 0 Å². The molecule has 9 heavy (non-hydrogen) atoms. The van der Waals surface area contributed by atoms with Gasteiger partial charge in [0.1, 0.15) is 0 Å². The molecular formula is C8H23Pb. The van der Waals surface area contributed by atoms with Gasteiger partial charge in [-0.25, -0.2) is 0 Å². The Balaban J connectivity index is -0.0000000133. The molecule has 0 fully saturated rings. The van der Waals surface area contributed by atoms with E-state index in [1.165, 1.54) is 0 Å². The molecule has 0 aliphatic rings. The number of hydrogen-bond donors (Lipinski definition) is 0. The minimum atomic E-state index is 0. The summed E-state index contributed by atoms with van der Waals surface area (Å²) in [6.07, 6.45) is 0. The fourth-order valence-corrected chi connectivity index (χ4v) is 0. The fourth-order valence-electron chi connectivity index (χ4n) is 0. The van der Waals surface area contributed by atoms with Gasteiger partial charge in [0, 0.05) is 27.3 Å². The molecular weight excluding hydrogens is 303 g/mol. The molecule has 59 valence electrons. The van der Waals surface area contributed by atoms with Gasteiger partial charge >= 0.3 is 0 Å². The van der Waals surface area contributed by atoms with E-state index in [9.17, 15) is 0 Å². The van der Waals surface area contributed by atoms with E-state index in [0.29, 0.717) is 0 Å². The first kappa shape index (κ1) is 32.6. The third-order valence-corrected chi connectivity index (χ3v) is 0. The maximum atomic E-state index is 3.77. The molecule has 0 saturated heterocycles. The van der Waals surface area contributed by atoms with Crippen LogP contribution in [0.25, 0.3) is 0 Å². The van der Waals surface area contributed by atoms with Crippen LogP contribution in [0.15, 0.2) is 0 Å². The van der Waals surface area contributed by atoms with Crippen LogP contribution in [0.3, 0.4) is 0 Å². The van der Waals surface area contributed by atoms with Crippen molar-refractivity contribution in [1.82, 2.24) is 0 Å². The monoisotopic (exact) mass is 327 g/mol. The largest absolute Gasteiger partial charge is 0.0776 e. The molecule has 0 saturated carbocycles. The molecule has 0 spiro atoms. The molecule has 0 aromatic carbocycles. The van der Waals surface area contributed by atoms with E-state index < -0.39 is 0 Å². The molecule has 0 aromatic rings. The van der Waals surface area contributed by atoms with E-state index in [1.807, 2.05) is 0 Å². The molecule has 0 bridgehead atoms. The molecule has 0 atom stereocenters. The predicted octanol–water partition coefficient (Wildman–Crippen LogP) is 3.39. The first-order chi connectivity index (χ1) is 2.00. The number of rotatable bonds is 0. The Labute approximate surface area is 82.6 Å². The molecule has 0 nitrogen and oxygen atoms in total. The summed E-state index contributed by atoms with van der Waals surface area (Å²) in [5, 5.41) is 0. The van der Waals surface area contributed by atoms with Gasteiger partial charge in [-0.05, 0) is 12.3 Å². The van der Waals surface area contributed by atoms with Crippen molar-refractivity contribution in [2.24, 2.45) is 5.41 Å². The maximum Gasteiger partial charge on any atom is 0 e. The molecule has 0 unspecified atom stereocenters.